The number of hydrogen-bond acceptors (Lipinski definition) is 3. The molecule has 15 heavy (non-hydrogen) atoms. The third-order valence-corrected chi connectivity index (χ3v) is 2.68. The molecule has 0 saturated carbocycles. The first kappa shape index (κ1) is 12.0. The predicted molar refractivity (Wildman–Crippen MR) is 62.9 cm³/mol. The molecule has 1 heterocycles. The molecular weight excluding hydrogens is 188 g/mol. The fourth-order valence-electron chi connectivity index (χ4n) is 1.32. The molecule has 0 radical (unpaired) electrons. The standard InChI is InChI=1S/C12H20N2O/c1-4-9(2)11(15)8-13-12-7-5-6-10(3)14-12/h5-7,9,11,15H,4,8H2,1-3H3,(H,13,14)/t9-,11+/m0/s1. The molecule has 0 aliphatic carbocycles. The van der Waals surface area contributed by atoms with Gasteiger partial charge in [0.25, 0.3) is 0 Å². The Kier molecular flexibility index (Phi) is 4.56. The van der Waals surface area contributed by atoms with Gasteiger partial charge in [-0.3, -0.25) is 0 Å². The van der Waals surface area contributed by atoms with Crippen LogP contribution in [0.15, 0.2) is 18.2 Å². The molecule has 3 nitrogen and oxygen atoms in total. The van der Waals surface area contributed by atoms with E-state index in [-0.39, 0.29) is 6.10 Å². The van der Waals surface area contributed by atoms with Crippen LogP contribution in [-0.4, -0.2) is 22.7 Å². The van der Waals surface area contributed by atoms with E-state index in [2.05, 4.69) is 24.1 Å². The number of rotatable bonds is 5. The van der Waals surface area contributed by atoms with Gasteiger partial charge >= 0.3 is 0 Å². The van der Waals surface area contributed by atoms with Gasteiger partial charge in [0.1, 0.15) is 5.82 Å². The molecule has 0 bridgehead atoms. The molecule has 1 aromatic rings. The summed E-state index contributed by atoms with van der Waals surface area (Å²) in [7, 11) is 0. The van der Waals surface area contributed by atoms with Gasteiger partial charge in [-0.15, -0.1) is 0 Å². The molecule has 0 unspecified atom stereocenters. The minimum Gasteiger partial charge on any atom is -0.391 e. The number of nitrogens with zero attached hydrogens (tertiary/aromatic N) is 1. The van der Waals surface area contributed by atoms with Crippen LogP contribution < -0.4 is 5.32 Å². The van der Waals surface area contributed by atoms with Crippen LogP contribution in [0.4, 0.5) is 5.82 Å². The summed E-state index contributed by atoms with van der Waals surface area (Å²) >= 11 is 0. The molecule has 1 rings (SSSR count). The normalized spacial score (nSPS) is 14.7. The number of pyridine rings is 1. The summed E-state index contributed by atoms with van der Waals surface area (Å²) in [6.45, 7) is 6.65. The quantitative estimate of drug-likeness (QED) is 0.779. The zero-order valence-electron chi connectivity index (χ0n) is 9.70. The van der Waals surface area contributed by atoms with E-state index in [0.717, 1.165) is 17.9 Å². The second-order valence-electron chi connectivity index (χ2n) is 4.00. The fraction of sp³-hybridized carbons (Fsp3) is 0.583. The molecule has 0 spiro atoms. The second kappa shape index (κ2) is 5.71. The van der Waals surface area contributed by atoms with Gasteiger partial charge in [0.2, 0.25) is 0 Å². The molecule has 0 aromatic carbocycles. The molecule has 84 valence electrons. The number of aliphatic hydroxyl groups is 1. The summed E-state index contributed by atoms with van der Waals surface area (Å²) < 4.78 is 0. The average molecular weight is 208 g/mol. The number of aryl methyl sites for hydroxylation is 1. The largest absolute Gasteiger partial charge is 0.391 e. The molecular formula is C12H20N2O. The van der Waals surface area contributed by atoms with Crippen molar-refractivity contribution in [1.29, 1.82) is 0 Å². The van der Waals surface area contributed by atoms with Crippen molar-refractivity contribution in [3.63, 3.8) is 0 Å². The van der Waals surface area contributed by atoms with Crippen LogP contribution in [0.5, 0.6) is 0 Å². The van der Waals surface area contributed by atoms with Gasteiger partial charge in [-0.25, -0.2) is 4.98 Å². The van der Waals surface area contributed by atoms with E-state index in [4.69, 9.17) is 0 Å². The van der Waals surface area contributed by atoms with Crippen LogP contribution in [0.1, 0.15) is 26.0 Å². The van der Waals surface area contributed by atoms with E-state index in [1.807, 2.05) is 25.1 Å². The Bertz CT molecular complexity index is 301. The molecule has 0 aliphatic heterocycles. The molecule has 1 aromatic heterocycles. The van der Waals surface area contributed by atoms with Crippen molar-refractivity contribution in [2.45, 2.75) is 33.3 Å². The lowest BCUT2D eigenvalue weighted by molar-refractivity contribution is 0.126. The third kappa shape index (κ3) is 3.88. The molecule has 0 aliphatic rings. The van der Waals surface area contributed by atoms with E-state index in [1.165, 1.54) is 0 Å². The van der Waals surface area contributed by atoms with Gasteiger partial charge in [-0.1, -0.05) is 26.3 Å². The first-order chi connectivity index (χ1) is 7.13. The van der Waals surface area contributed by atoms with Crippen LogP contribution in [0, 0.1) is 12.8 Å². The minimum absolute atomic E-state index is 0.308. The molecule has 3 heteroatoms. The summed E-state index contributed by atoms with van der Waals surface area (Å²) in [5.41, 5.74) is 0.984. The third-order valence-electron chi connectivity index (χ3n) is 2.68. The van der Waals surface area contributed by atoms with Crippen LogP contribution in [0.2, 0.25) is 0 Å². The minimum atomic E-state index is -0.308. The summed E-state index contributed by atoms with van der Waals surface area (Å²) in [4.78, 5) is 4.31. The van der Waals surface area contributed by atoms with Crippen LogP contribution >= 0.6 is 0 Å². The zero-order valence-corrected chi connectivity index (χ0v) is 9.70. The van der Waals surface area contributed by atoms with Crippen molar-refractivity contribution < 1.29 is 5.11 Å². The van der Waals surface area contributed by atoms with E-state index in [0.29, 0.717) is 12.5 Å². The van der Waals surface area contributed by atoms with E-state index in [9.17, 15) is 5.11 Å². The lowest BCUT2D eigenvalue weighted by Crippen LogP contribution is -2.26. The van der Waals surface area contributed by atoms with Crippen LogP contribution in [0.25, 0.3) is 0 Å². The Balaban J connectivity index is 2.43. The Labute approximate surface area is 91.5 Å². The van der Waals surface area contributed by atoms with Crippen molar-refractivity contribution in [2.75, 3.05) is 11.9 Å². The summed E-state index contributed by atoms with van der Waals surface area (Å²) in [6, 6.07) is 5.83. The maximum absolute atomic E-state index is 9.76. The molecule has 0 saturated heterocycles. The van der Waals surface area contributed by atoms with Gasteiger partial charge in [0, 0.05) is 12.2 Å². The Morgan fingerprint density at radius 2 is 2.20 bits per heavy atom. The zero-order chi connectivity index (χ0) is 11.3. The maximum atomic E-state index is 9.76. The van der Waals surface area contributed by atoms with Crippen LogP contribution in [-0.2, 0) is 0 Å². The molecule has 2 atom stereocenters. The highest BCUT2D eigenvalue weighted by atomic mass is 16.3. The Morgan fingerprint density at radius 1 is 1.47 bits per heavy atom. The highest BCUT2D eigenvalue weighted by Crippen LogP contribution is 2.09. The van der Waals surface area contributed by atoms with E-state index < -0.39 is 0 Å². The van der Waals surface area contributed by atoms with Crippen LogP contribution in [0.3, 0.4) is 0 Å². The topological polar surface area (TPSA) is 45.1 Å². The first-order valence-electron chi connectivity index (χ1n) is 5.49. The van der Waals surface area contributed by atoms with Crippen molar-refractivity contribution in [3.05, 3.63) is 23.9 Å². The van der Waals surface area contributed by atoms with Crippen molar-refractivity contribution in [1.82, 2.24) is 4.98 Å². The number of aliphatic hydroxyl groups excluding tert-OH is 1. The molecule has 0 fully saturated rings. The fourth-order valence-corrected chi connectivity index (χ4v) is 1.32. The van der Waals surface area contributed by atoms with Crippen molar-refractivity contribution in [3.8, 4) is 0 Å². The van der Waals surface area contributed by atoms with E-state index >= 15 is 0 Å². The van der Waals surface area contributed by atoms with Gasteiger partial charge in [0.05, 0.1) is 6.10 Å². The highest BCUT2D eigenvalue weighted by molar-refractivity contribution is 5.35. The smallest absolute Gasteiger partial charge is 0.126 e. The molecule has 2 N–H and O–H groups in total. The average Bonchev–Trinajstić information content (AvgIpc) is 2.25. The Morgan fingerprint density at radius 3 is 2.80 bits per heavy atom. The summed E-state index contributed by atoms with van der Waals surface area (Å²) in [5.74, 6) is 1.15. The van der Waals surface area contributed by atoms with E-state index in [1.54, 1.807) is 0 Å². The second-order valence-corrected chi connectivity index (χ2v) is 4.00. The molecule has 0 amide bonds. The Hall–Kier alpha value is -1.09. The number of hydrogen-bond donors (Lipinski definition) is 2. The predicted octanol–water partition coefficient (Wildman–Crippen LogP) is 2.21. The monoisotopic (exact) mass is 208 g/mol. The lowest BCUT2D eigenvalue weighted by atomic mass is 10.0. The van der Waals surface area contributed by atoms with Gasteiger partial charge in [-0.05, 0) is 25.0 Å². The SMILES string of the molecule is CC[C@H](C)[C@H](O)CNc1cccc(C)n1. The van der Waals surface area contributed by atoms with Crippen molar-refractivity contribution >= 4 is 5.82 Å². The maximum Gasteiger partial charge on any atom is 0.126 e. The summed E-state index contributed by atoms with van der Waals surface area (Å²) in [5, 5.41) is 12.9. The van der Waals surface area contributed by atoms with Crippen molar-refractivity contribution in [2.24, 2.45) is 5.92 Å². The van der Waals surface area contributed by atoms with Gasteiger partial charge in [0.15, 0.2) is 0 Å². The van der Waals surface area contributed by atoms with Gasteiger partial charge < -0.3 is 10.4 Å². The number of aromatic nitrogens is 1. The summed E-state index contributed by atoms with van der Waals surface area (Å²) in [6.07, 6.45) is 0.682. The number of anilines is 1. The number of nitrogens with one attached hydrogen (secondary N) is 1. The van der Waals surface area contributed by atoms with Gasteiger partial charge in [-0.2, -0.15) is 0 Å². The highest BCUT2D eigenvalue weighted by Gasteiger charge is 2.11. The lowest BCUT2D eigenvalue weighted by Gasteiger charge is -2.17. The first-order valence-corrected chi connectivity index (χ1v) is 5.49.